The molecule has 104 valence electrons. The zero-order valence-corrected chi connectivity index (χ0v) is 12.1. The van der Waals surface area contributed by atoms with Gasteiger partial charge in [-0.1, -0.05) is 18.2 Å². The first-order valence-electron chi connectivity index (χ1n) is 6.43. The van der Waals surface area contributed by atoms with Crippen LogP contribution in [-0.2, 0) is 0 Å². The number of aliphatic hydroxyl groups excluding tert-OH is 1. The molecule has 0 spiro atoms. The molecule has 1 aromatic heterocycles. The van der Waals surface area contributed by atoms with Gasteiger partial charge in [-0.2, -0.15) is 5.26 Å². The summed E-state index contributed by atoms with van der Waals surface area (Å²) >= 11 is 1.31. The molecule has 21 heavy (non-hydrogen) atoms. The maximum atomic E-state index is 9.84. The van der Waals surface area contributed by atoms with E-state index in [0.29, 0.717) is 10.8 Å². The van der Waals surface area contributed by atoms with E-state index in [4.69, 9.17) is 9.68 Å². The molecule has 1 N–H and O–H groups in total. The molecule has 5 heteroatoms. The summed E-state index contributed by atoms with van der Waals surface area (Å²) in [4.78, 5) is 5.17. The maximum Gasteiger partial charge on any atom is 0.261 e. The Kier molecular flexibility index (Phi) is 3.65. The van der Waals surface area contributed by atoms with Crippen LogP contribution in [0.15, 0.2) is 57.0 Å². The predicted molar refractivity (Wildman–Crippen MR) is 79.9 cm³/mol. The Morgan fingerprint density at radius 1 is 1.29 bits per heavy atom. The highest BCUT2D eigenvalue weighted by molar-refractivity contribution is 7.99. The Morgan fingerprint density at radius 2 is 2.10 bits per heavy atom. The van der Waals surface area contributed by atoms with E-state index in [1.54, 1.807) is 25.1 Å². The Balaban J connectivity index is 2.01. The lowest BCUT2D eigenvalue weighted by molar-refractivity contribution is 0.196. The molecule has 0 bridgehead atoms. The van der Waals surface area contributed by atoms with Crippen molar-refractivity contribution in [2.75, 3.05) is 0 Å². The van der Waals surface area contributed by atoms with E-state index < -0.39 is 6.10 Å². The molecule has 3 rings (SSSR count). The van der Waals surface area contributed by atoms with Gasteiger partial charge < -0.3 is 9.52 Å². The minimum Gasteiger partial charge on any atom is -0.431 e. The third kappa shape index (κ3) is 2.77. The van der Waals surface area contributed by atoms with Gasteiger partial charge in [0.15, 0.2) is 5.58 Å². The lowest BCUT2D eigenvalue weighted by Crippen LogP contribution is -1.94. The molecule has 0 radical (unpaired) electrons. The highest BCUT2D eigenvalue weighted by Gasteiger charge is 2.14. The van der Waals surface area contributed by atoms with Crippen molar-refractivity contribution >= 4 is 22.9 Å². The highest BCUT2D eigenvalue weighted by atomic mass is 32.2. The van der Waals surface area contributed by atoms with Crippen LogP contribution < -0.4 is 0 Å². The fourth-order valence-corrected chi connectivity index (χ4v) is 3.03. The highest BCUT2D eigenvalue weighted by Crippen LogP contribution is 2.35. The Hall–Kier alpha value is -2.29. The number of aliphatic hydroxyl groups is 1. The molecule has 3 aromatic rings. The molecular weight excluding hydrogens is 284 g/mol. The predicted octanol–water partition coefficient (Wildman–Crippen LogP) is 3.90. The number of nitrogens with zero attached hydrogens (tertiary/aromatic N) is 2. The second kappa shape index (κ2) is 5.60. The number of fused-ring (bicyclic) bond motifs is 1. The third-order valence-electron chi connectivity index (χ3n) is 3.06. The van der Waals surface area contributed by atoms with Gasteiger partial charge in [-0.3, -0.25) is 0 Å². The van der Waals surface area contributed by atoms with Gasteiger partial charge in [-0.25, -0.2) is 4.98 Å². The van der Waals surface area contributed by atoms with Crippen LogP contribution in [-0.4, -0.2) is 10.1 Å². The van der Waals surface area contributed by atoms with Crippen LogP contribution in [0.2, 0.25) is 0 Å². The second-order valence-electron chi connectivity index (χ2n) is 4.59. The van der Waals surface area contributed by atoms with Gasteiger partial charge in [-0.05, 0) is 48.5 Å². The lowest BCUT2D eigenvalue weighted by Gasteiger charge is -2.10. The molecule has 1 unspecified atom stereocenters. The van der Waals surface area contributed by atoms with Gasteiger partial charge in [-0.15, -0.1) is 0 Å². The molecule has 2 aromatic carbocycles. The average molecular weight is 296 g/mol. The number of aromatic nitrogens is 1. The number of rotatable bonds is 3. The van der Waals surface area contributed by atoms with Crippen LogP contribution in [0.1, 0.15) is 24.2 Å². The quantitative estimate of drug-likeness (QED) is 0.793. The standard InChI is InChI=1S/C16H12N2O2S/c1-10(19)12-7-6-11(9-17)8-15(12)21-16-18-13-4-2-3-5-14(13)20-16/h2-8,10,19H,1H3. The molecule has 0 saturated carbocycles. The van der Waals surface area contributed by atoms with Crippen LogP contribution in [0.25, 0.3) is 11.1 Å². The molecule has 0 aliphatic carbocycles. The summed E-state index contributed by atoms with van der Waals surface area (Å²) < 4.78 is 5.67. The van der Waals surface area contributed by atoms with E-state index in [1.165, 1.54) is 11.8 Å². The minimum absolute atomic E-state index is 0.494. The first-order valence-corrected chi connectivity index (χ1v) is 7.24. The van der Waals surface area contributed by atoms with E-state index >= 15 is 0 Å². The lowest BCUT2D eigenvalue weighted by atomic mass is 10.1. The zero-order valence-electron chi connectivity index (χ0n) is 11.3. The first-order chi connectivity index (χ1) is 10.2. The van der Waals surface area contributed by atoms with Gasteiger partial charge >= 0.3 is 0 Å². The fourth-order valence-electron chi connectivity index (χ4n) is 2.03. The largest absolute Gasteiger partial charge is 0.431 e. The zero-order chi connectivity index (χ0) is 14.8. The van der Waals surface area contributed by atoms with Crippen LogP contribution in [0.3, 0.4) is 0 Å². The Morgan fingerprint density at radius 3 is 2.81 bits per heavy atom. The molecule has 4 nitrogen and oxygen atoms in total. The minimum atomic E-state index is -0.621. The smallest absolute Gasteiger partial charge is 0.261 e. The summed E-state index contributed by atoms with van der Waals surface area (Å²) in [7, 11) is 0. The van der Waals surface area contributed by atoms with Crippen molar-refractivity contribution in [3.8, 4) is 6.07 Å². The summed E-state index contributed by atoms with van der Waals surface area (Å²) in [6.07, 6.45) is -0.621. The summed E-state index contributed by atoms with van der Waals surface area (Å²) in [5, 5.41) is 19.3. The number of benzene rings is 2. The van der Waals surface area contributed by atoms with Crippen LogP contribution >= 0.6 is 11.8 Å². The third-order valence-corrected chi connectivity index (χ3v) is 3.99. The monoisotopic (exact) mass is 296 g/mol. The molecule has 0 aliphatic heterocycles. The van der Waals surface area contributed by atoms with Crippen molar-refractivity contribution in [3.63, 3.8) is 0 Å². The molecular formula is C16H12N2O2S. The first kappa shape index (κ1) is 13.7. The van der Waals surface area contributed by atoms with Crippen molar-refractivity contribution < 1.29 is 9.52 Å². The SMILES string of the molecule is CC(O)c1ccc(C#N)cc1Sc1nc2ccccc2o1. The van der Waals surface area contributed by atoms with Crippen molar-refractivity contribution in [2.45, 2.75) is 23.1 Å². The summed E-state index contributed by atoms with van der Waals surface area (Å²) in [6, 6.07) is 14.8. The van der Waals surface area contributed by atoms with Crippen molar-refractivity contribution in [1.29, 1.82) is 5.26 Å². The molecule has 0 amide bonds. The molecule has 0 aliphatic rings. The van der Waals surface area contributed by atoms with Crippen molar-refractivity contribution in [3.05, 3.63) is 53.6 Å². The van der Waals surface area contributed by atoms with Gasteiger partial charge in [0.25, 0.3) is 5.22 Å². The van der Waals surface area contributed by atoms with Crippen LogP contribution in [0.4, 0.5) is 0 Å². The van der Waals surface area contributed by atoms with Crippen molar-refractivity contribution in [1.82, 2.24) is 4.98 Å². The molecule has 1 heterocycles. The number of oxazole rings is 1. The molecule has 1 atom stereocenters. The van der Waals surface area contributed by atoms with Gasteiger partial charge in [0, 0.05) is 4.90 Å². The fraction of sp³-hybridized carbons (Fsp3) is 0.125. The molecule has 0 fully saturated rings. The van der Waals surface area contributed by atoms with E-state index in [-0.39, 0.29) is 0 Å². The topological polar surface area (TPSA) is 70.0 Å². The van der Waals surface area contributed by atoms with Gasteiger partial charge in [0.05, 0.1) is 17.7 Å². The Labute approximate surface area is 126 Å². The second-order valence-corrected chi connectivity index (χ2v) is 5.58. The van der Waals surface area contributed by atoms with Crippen LogP contribution in [0.5, 0.6) is 0 Å². The van der Waals surface area contributed by atoms with Crippen LogP contribution in [0, 0.1) is 11.3 Å². The Bertz CT molecular complexity index is 801. The number of para-hydroxylation sites is 2. The van der Waals surface area contributed by atoms with E-state index in [0.717, 1.165) is 21.6 Å². The molecule has 0 saturated heterocycles. The summed E-state index contributed by atoms with van der Waals surface area (Å²) in [5.74, 6) is 0. The maximum absolute atomic E-state index is 9.84. The normalized spacial score (nSPS) is 12.2. The average Bonchev–Trinajstić information content (AvgIpc) is 2.89. The van der Waals surface area contributed by atoms with Gasteiger partial charge in [0.2, 0.25) is 0 Å². The number of hydrogen-bond acceptors (Lipinski definition) is 5. The van der Waals surface area contributed by atoms with Crippen molar-refractivity contribution in [2.24, 2.45) is 0 Å². The van der Waals surface area contributed by atoms with E-state index in [1.807, 2.05) is 24.3 Å². The van der Waals surface area contributed by atoms with Gasteiger partial charge in [0.1, 0.15) is 5.52 Å². The summed E-state index contributed by atoms with van der Waals surface area (Å²) in [6.45, 7) is 1.69. The number of nitriles is 1. The summed E-state index contributed by atoms with van der Waals surface area (Å²) in [5.41, 5.74) is 2.80. The van der Waals surface area contributed by atoms with E-state index in [9.17, 15) is 5.11 Å². The van der Waals surface area contributed by atoms with E-state index in [2.05, 4.69) is 11.1 Å². The number of hydrogen-bond donors (Lipinski definition) is 1.